The van der Waals surface area contributed by atoms with E-state index in [9.17, 15) is 0 Å². The Balaban J connectivity index is 1.91. The predicted molar refractivity (Wildman–Crippen MR) is 66.5 cm³/mol. The highest BCUT2D eigenvalue weighted by Gasteiger charge is 2.33. The molecule has 0 bridgehead atoms. The first-order chi connectivity index (χ1) is 7.59. The molecule has 3 heteroatoms. The van der Waals surface area contributed by atoms with Crippen molar-refractivity contribution in [3.63, 3.8) is 0 Å². The van der Waals surface area contributed by atoms with Crippen molar-refractivity contribution in [3.05, 3.63) is 0 Å². The van der Waals surface area contributed by atoms with E-state index < -0.39 is 0 Å². The maximum absolute atomic E-state index is 6.52. The zero-order valence-corrected chi connectivity index (χ0v) is 10.7. The van der Waals surface area contributed by atoms with Gasteiger partial charge in [-0.25, -0.2) is 0 Å². The van der Waals surface area contributed by atoms with E-state index in [0.717, 1.165) is 19.7 Å². The lowest BCUT2D eigenvalue weighted by molar-refractivity contribution is -0.0579. The Labute approximate surface area is 99.3 Å². The minimum atomic E-state index is 0.0730. The van der Waals surface area contributed by atoms with E-state index in [1.165, 1.54) is 32.1 Å². The number of nitrogens with zero attached hydrogens (tertiary/aromatic N) is 1. The lowest BCUT2D eigenvalue weighted by Crippen LogP contribution is -2.57. The Kier molecular flexibility index (Phi) is 3.88. The number of rotatable bonds is 2. The zero-order chi connectivity index (χ0) is 11.6. The van der Waals surface area contributed by atoms with Crippen molar-refractivity contribution in [1.29, 1.82) is 0 Å². The largest absolute Gasteiger partial charge is 0.376 e. The van der Waals surface area contributed by atoms with Crippen LogP contribution >= 0.6 is 0 Å². The first kappa shape index (κ1) is 12.3. The fourth-order valence-electron chi connectivity index (χ4n) is 3.01. The molecule has 1 heterocycles. The molecule has 2 N–H and O–H groups in total. The molecule has 3 nitrogen and oxygen atoms in total. The van der Waals surface area contributed by atoms with Crippen LogP contribution in [0.25, 0.3) is 0 Å². The number of hydrogen-bond donors (Lipinski definition) is 1. The van der Waals surface area contributed by atoms with Gasteiger partial charge in [-0.15, -0.1) is 0 Å². The van der Waals surface area contributed by atoms with Gasteiger partial charge in [-0.2, -0.15) is 0 Å². The molecule has 0 spiro atoms. The summed E-state index contributed by atoms with van der Waals surface area (Å²) < 4.78 is 5.66. The first-order valence-corrected chi connectivity index (χ1v) is 6.74. The van der Waals surface area contributed by atoms with Gasteiger partial charge in [-0.3, -0.25) is 4.90 Å². The van der Waals surface area contributed by atoms with Crippen LogP contribution in [-0.4, -0.2) is 42.3 Å². The molecule has 1 saturated carbocycles. The highest BCUT2D eigenvalue weighted by Crippen LogP contribution is 2.28. The van der Waals surface area contributed by atoms with Crippen molar-refractivity contribution >= 4 is 0 Å². The molecule has 16 heavy (non-hydrogen) atoms. The second kappa shape index (κ2) is 5.03. The topological polar surface area (TPSA) is 38.5 Å². The molecule has 1 saturated heterocycles. The molecule has 2 unspecified atom stereocenters. The molecule has 0 amide bonds. The van der Waals surface area contributed by atoms with Crippen molar-refractivity contribution in [2.45, 2.75) is 63.6 Å². The minimum Gasteiger partial charge on any atom is -0.376 e. The lowest BCUT2D eigenvalue weighted by atomic mass is 9.82. The van der Waals surface area contributed by atoms with Gasteiger partial charge in [-0.1, -0.05) is 19.3 Å². The highest BCUT2D eigenvalue weighted by molar-refractivity contribution is 4.92. The van der Waals surface area contributed by atoms with E-state index in [0.29, 0.717) is 12.1 Å². The summed E-state index contributed by atoms with van der Waals surface area (Å²) in [6.07, 6.45) is 6.75. The maximum Gasteiger partial charge on any atom is 0.0674 e. The molecule has 0 aromatic carbocycles. The second-order valence-corrected chi connectivity index (χ2v) is 5.85. The molecule has 2 fully saturated rings. The van der Waals surface area contributed by atoms with Crippen LogP contribution in [0.3, 0.4) is 0 Å². The van der Waals surface area contributed by atoms with Gasteiger partial charge in [0, 0.05) is 24.7 Å². The Morgan fingerprint density at radius 1 is 1.25 bits per heavy atom. The molecule has 2 atom stereocenters. The quantitative estimate of drug-likeness (QED) is 0.779. The monoisotopic (exact) mass is 226 g/mol. The minimum absolute atomic E-state index is 0.0730. The normalized spacial score (nSPS) is 36.2. The summed E-state index contributed by atoms with van der Waals surface area (Å²) in [5.74, 6) is 0. The molecule has 0 aromatic rings. The van der Waals surface area contributed by atoms with Crippen molar-refractivity contribution in [3.8, 4) is 0 Å². The van der Waals surface area contributed by atoms with Crippen LogP contribution in [0.1, 0.15) is 46.0 Å². The van der Waals surface area contributed by atoms with Crippen LogP contribution < -0.4 is 5.73 Å². The van der Waals surface area contributed by atoms with Crippen molar-refractivity contribution in [2.75, 3.05) is 19.7 Å². The first-order valence-electron chi connectivity index (χ1n) is 6.74. The summed E-state index contributed by atoms with van der Waals surface area (Å²) in [5.41, 5.74) is 6.59. The van der Waals surface area contributed by atoms with Gasteiger partial charge in [0.1, 0.15) is 0 Å². The fourth-order valence-corrected chi connectivity index (χ4v) is 3.01. The Morgan fingerprint density at radius 3 is 2.62 bits per heavy atom. The lowest BCUT2D eigenvalue weighted by Gasteiger charge is -2.43. The van der Waals surface area contributed by atoms with Crippen LogP contribution in [0, 0.1) is 0 Å². The zero-order valence-electron chi connectivity index (χ0n) is 10.7. The van der Waals surface area contributed by atoms with Crippen molar-refractivity contribution in [1.82, 2.24) is 4.90 Å². The fraction of sp³-hybridized carbons (Fsp3) is 1.00. The van der Waals surface area contributed by atoms with E-state index in [-0.39, 0.29) is 5.54 Å². The number of nitrogens with two attached hydrogens (primary N) is 1. The summed E-state index contributed by atoms with van der Waals surface area (Å²) in [6.45, 7) is 7.36. The predicted octanol–water partition coefficient (Wildman–Crippen LogP) is 1.76. The molecule has 2 aliphatic rings. The van der Waals surface area contributed by atoms with Gasteiger partial charge < -0.3 is 10.5 Å². The highest BCUT2D eigenvalue weighted by atomic mass is 16.5. The molecule has 0 aromatic heterocycles. The molecule has 2 rings (SSSR count). The third kappa shape index (κ3) is 2.96. The average molecular weight is 226 g/mol. The summed E-state index contributed by atoms with van der Waals surface area (Å²) in [5, 5.41) is 0. The maximum atomic E-state index is 6.52. The summed E-state index contributed by atoms with van der Waals surface area (Å²) >= 11 is 0. The molecule has 1 aliphatic heterocycles. The van der Waals surface area contributed by atoms with Crippen LogP contribution in [-0.2, 0) is 4.74 Å². The molecular formula is C13H26N2O. The van der Waals surface area contributed by atoms with E-state index >= 15 is 0 Å². The SMILES string of the molecule is CC1CN(CC2(N)CCCCC2)C(C)CO1. The van der Waals surface area contributed by atoms with Crippen molar-refractivity contribution < 1.29 is 4.74 Å². The van der Waals surface area contributed by atoms with Crippen molar-refractivity contribution in [2.24, 2.45) is 5.73 Å². The van der Waals surface area contributed by atoms with Gasteiger partial charge >= 0.3 is 0 Å². The van der Waals surface area contributed by atoms with Crippen LogP contribution in [0.5, 0.6) is 0 Å². The molecule has 94 valence electrons. The van der Waals surface area contributed by atoms with E-state index in [1.807, 2.05) is 0 Å². The summed E-state index contributed by atoms with van der Waals surface area (Å²) in [4.78, 5) is 2.53. The molecule has 0 radical (unpaired) electrons. The number of ether oxygens (including phenoxy) is 1. The number of hydrogen-bond acceptors (Lipinski definition) is 3. The van der Waals surface area contributed by atoms with E-state index in [1.54, 1.807) is 0 Å². The van der Waals surface area contributed by atoms with Crippen LogP contribution in [0.4, 0.5) is 0 Å². The summed E-state index contributed by atoms with van der Waals surface area (Å²) in [7, 11) is 0. The Hall–Kier alpha value is -0.120. The average Bonchev–Trinajstić information content (AvgIpc) is 2.24. The van der Waals surface area contributed by atoms with Gasteiger partial charge in [0.25, 0.3) is 0 Å². The second-order valence-electron chi connectivity index (χ2n) is 5.85. The molecule has 1 aliphatic carbocycles. The molecular weight excluding hydrogens is 200 g/mol. The van der Waals surface area contributed by atoms with Gasteiger partial charge in [0.2, 0.25) is 0 Å². The Morgan fingerprint density at radius 2 is 1.94 bits per heavy atom. The summed E-state index contributed by atoms with van der Waals surface area (Å²) in [6, 6.07) is 0.526. The van der Waals surface area contributed by atoms with Crippen LogP contribution in [0.2, 0.25) is 0 Å². The van der Waals surface area contributed by atoms with Crippen LogP contribution in [0.15, 0.2) is 0 Å². The third-order valence-corrected chi connectivity index (χ3v) is 4.10. The smallest absolute Gasteiger partial charge is 0.0674 e. The number of morpholine rings is 1. The van der Waals surface area contributed by atoms with E-state index in [2.05, 4.69) is 18.7 Å². The van der Waals surface area contributed by atoms with Gasteiger partial charge in [0.05, 0.1) is 12.7 Å². The van der Waals surface area contributed by atoms with E-state index in [4.69, 9.17) is 10.5 Å². The van der Waals surface area contributed by atoms with Gasteiger partial charge in [0.15, 0.2) is 0 Å². The Bertz CT molecular complexity index is 226. The standard InChI is InChI=1S/C13H26N2O/c1-11-9-16-12(2)8-15(11)10-13(14)6-4-3-5-7-13/h11-12H,3-10,14H2,1-2H3. The third-order valence-electron chi connectivity index (χ3n) is 4.10. The van der Waals surface area contributed by atoms with Gasteiger partial charge in [-0.05, 0) is 26.7 Å².